The minimum Gasteiger partial charge on any atom is -0.320 e. The molecule has 1 rings (SSSR count). The Bertz CT molecular complexity index is 189. The van der Waals surface area contributed by atoms with Gasteiger partial charge < -0.3 is 5.73 Å². The number of amides is 1. The van der Waals surface area contributed by atoms with E-state index in [-0.39, 0.29) is 17.9 Å². The monoisotopic (exact) mass is 200 g/mol. The van der Waals surface area contributed by atoms with Crippen LogP contribution in [-0.4, -0.2) is 18.1 Å². The molecule has 3 N–H and O–H groups in total. The van der Waals surface area contributed by atoms with Crippen LogP contribution in [0.15, 0.2) is 0 Å². The van der Waals surface area contributed by atoms with Gasteiger partial charge in [-0.05, 0) is 18.8 Å². The van der Waals surface area contributed by atoms with Gasteiger partial charge in [-0.2, -0.15) is 0 Å². The number of nitrogens with two attached hydrogens (primary N) is 1. The quantitative estimate of drug-likeness (QED) is 0.664. The number of hydroxylamine groups is 1. The summed E-state index contributed by atoms with van der Waals surface area (Å²) in [5.41, 5.74) is 8.09. The lowest BCUT2D eigenvalue weighted by Crippen LogP contribution is -2.44. The van der Waals surface area contributed by atoms with Crippen molar-refractivity contribution in [2.45, 2.75) is 51.7 Å². The molecule has 0 aliphatic heterocycles. The molecule has 1 aliphatic rings. The fourth-order valence-corrected chi connectivity index (χ4v) is 1.52. The van der Waals surface area contributed by atoms with Gasteiger partial charge in [-0.1, -0.05) is 26.7 Å². The molecule has 1 fully saturated rings. The maximum absolute atomic E-state index is 11.4. The van der Waals surface area contributed by atoms with E-state index in [1.54, 1.807) is 0 Å². The lowest BCUT2D eigenvalue weighted by Gasteiger charge is -2.17. The topological polar surface area (TPSA) is 64.4 Å². The number of nitrogens with one attached hydrogen (secondary N) is 1. The lowest BCUT2D eigenvalue weighted by molar-refractivity contribution is -0.140. The Balaban J connectivity index is 2.19. The van der Waals surface area contributed by atoms with E-state index >= 15 is 0 Å². The van der Waals surface area contributed by atoms with Crippen LogP contribution < -0.4 is 11.2 Å². The molecule has 82 valence electrons. The Morgan fingerprint density at radius 2 is 2.00 bits per heavy atom. The van der Waals surface area contributed by atoms with Gasteiger partial charge in [-0.15, -0.1) is 0 Å². The third kappa shape index (κ3) is 3.27. The average molecular weight is 200 g/mol. The molecule has 0 unspecified atom stereocenters. The van der Waals surface area contributed by atoms with Crippen LogP contribution in [0, 0.1) is 5.92 Å². The summed E-state index contributed by atoms with van der Waals surface area (Å²) in [6.45, 7) is 3.83. The van der Waals surface area contributed by atoms with Gasteiger partial charge in [0.1, 0.15) is 0 Å². The molecule has 1 amide bonds. The second-order valence-electron chi connectivity index (χ2n) is 4.26. The zero-order chi connectivity index (χ0) is 10.6. The molecule has 1 atom stereocenters. The Hall–Kier alpha value is -0.610. The molecule has 0 aromatic heterocycles. The van der Waals surface area contributed by atoms with Crippen LogP contribution in [0.5, 0.6) is 0 Å². The van der Waals surface area contributed by atoms with E-state index in [1.165, 1.54) is 12.8 Å². The molecule has 0 aromatic carbocycles. The van der Waals surface area contributed by atoms with Crippen molar-refractivity contribution in [3.63, 3.8) is 0 Å². The maximum Gasteiger partial charge on any atom is 0.260 e. The first kappa shape index (κ1) is 11.5. The Kier molecular flexibility index (Phi) is 4.35. The van der Waals surface area contributed by atoms with Gasteiger partial charge in [0.25, 0.3) is 5.91 Å². The molecule has 0 radical (unpaired) electrons. The van der Waals surface area contributed by atoms with Crippen LogP contribution in [-0.2, 0) is 9.63 Å². The Morgan fingerprint density at radius 3 is 2.50 bits per heavy atom. The highest BCUT2D eigenvalue weighted by Crippen LogP contribution is 2.19. The molecule has 1 saturated carbocycles. The van der Waals surface area contributed by atoms with E-state index in [9.17, 15) is 4.79 Å². The first-order valence-electron chi connectivity index (χ1n) is 5.32. The predicted octanol–water partition coefficient (Wildman–Crippen LogP) is 0.960. The second-order valence-corrected chi connectivity index (χ2v) is 4.26. The highest BCUT2D eigenvalue weighted by atomic mass is 16.7. The van der Waals surface area contributed by atoms with Gasteiger partial charge in [-0.25, -0.2) is 5.48 Å². The zero-order valence-corrected chi connectivity index (χ0v) is 8.95. The summed E-state index contributed by atoms with van der Waals surface area (Å²) in [6.07, 6.45) is 4.65. The summed E-state index contributed by atoms with van der Waals surface area (Å²) in [4.78, 5) is 16.6. The van der Waals surface area contributed by atoms with Crippen molar-refractivity contribution in [3.8, 4) is 0 Å². The smallest absolute Gasteiger partial charge is 0.260 e. The number of hydrogen-bond donors (Lipinski definition) is 2. The minimum atomic E-state index is -0.476. The van der Waals surface area contributed by atoms with Gasteiger partial charge in [-0.3, -0.25) is 9.63 Å². The van der Waals surface area contributed by atoms with Crippen molar-refractivity contribution in [2.75, 3.05) is 0 Å². The highest BCUT2D eigenvalue weighted by molar-refractivity contribution is 5.80. The summed E-state index contributed by atoms with van der Waals surface area (Å²) in [7, 11) is 0. The molecular weight excluding hydrogens is 180 g/mol. The van der Waals surface area contributed by atoms with Gasteiger partial charge in [0.2, 0.25) is 0 Å². The number of carbonyl (C=O) groups excluding carboxylic acids is 1. The maximum atomic E-state index is 11.4. The van der Waals surface area contributed by atoms with E-state index in [1.807, 2.05) is 13.8 Å². The molecule has 4 nitrogen and oxygen atoms in total. The molecule has 0 aromatic rings. The number of rotatable bonds is 4. The predicted molar refractivity (Wildman–Crippen MR) is 54.3 cm³/mol. The lowest BCUT2D eigenvalue weighted by atomic mass is 10.1. The van der Waals surface area contributed by atoms with Gasteiger partial charge in [0.05, 0.1) is 12.1 Å². The van der Waals surface area contributed by atoms with Crippen molar-refractivity contribution >= 4 is 5.91 Å². The standard InChI is InChI=1S/C10H20N2O2/c1-7(2)9(11)10(13)12-14-8-5-3-4-6-8/h7-9H,3-6,11H2,1-2H3,(H,12,13)/t9-/m1/s1. The average Bonchev–Trinajstić information content (AvgIpc) is 2.65. The van der Waals surface area contributed by atoms with Crippen molar-refractivity contribution in [3.05, 3.63) is 0 Å². The highest BCUT2D eigenvalue weighted by Gasteiger charge is 2.20. The first-order chi connectivity index (χ1) is 6.61. The van der Waals surface area contributed by atoms with Crippen LogP contribution in [0.25, 0.3) is 0 Å². The van der Waals surface area contributed by atoms with E-state index in [2.05, 4.69) is 5.48 Å². The third-order valence-corrected chi connectivity index (χ3v) is 2.65. The Morgan fingerprint density at radius 1 is 1.43 bits per heavy atom. The first-order valence-corrected chi connectivity index (χ1v) is 5.32. The number of hydrogen-bond acceptors (Lipinski definition) is 3. The van der Waals surface area contributed by atoms with Crippen molar-refractivity contribution in [1.29, 1.82) is 0 Å². The molecule has 4 heteroatoms. The molecule has 1 aliphatic carbocycles. The summed E-state index contributed by atoms with van der Waals surface area (Å²) in [6, 6.07) is -0.476. The second kappa shape index (κ2) is 5.32. The van der Waals surface area contributed by atoms with Crippen LogP contribution >= 0.6 is 0 Å². The van der Waals surface area contributed by atoms with Crippen LogP contribution in [0.2, 0.25) is 0 Å². The van der Waals surface area contributed by atoms with E-state index in [0.717, 1.165) is 12.8 Å². The summed E-state index contributed by atoms with van der Waals surface area (Å²) < 4.78 is 0. The van der Waals surface area contributed by atoms with Gasteiger partial charge in [0, 0.05) is 0 Å². The molecule has 0 heterocycles. The summed E-state index contributed by atoms with van der Waals surface area (Å²) >= 11 is 0. The Labute approximate surface area is 85.1 Å². The van der Waals surface area contributed by atoms with Gasteiger partial charge >= 0.3 is 0 Å². The van der Waals surface area contributed by atoms with Crippen LogP contribution in [0.4, 0.5) is 0 Å². The molecule has 0 spiro atoms. The SMILES string of the molecule is CC(C)[C@@H](N)C(=O)NOC1CCCC1. The van der Waals surface area contributed by atoms with Crippen molar-refractivity contribution in [1.82, 2.24) is 5.48 Å². The summed E-state index contributed by atoms with van der Waals surface area (Å²) in [5.74, 6) is -0.0749. The molecule has 0 saturated heterocycles. The van der Waals surface area contributed by atoms with Crippen LogP contribution in [0.3, 0.4) is 0 Å². The zero-order valence-electron chi connectivity index (χ0n) is 8.95. The third-order valence-electron chi connectivity index (χ3n) is 2.65. The summed E-state index contributed by atoms with van der Waals surface area (Å²) in [5, 5.41) is 0. The molecular formula is C10H20N2O2. The fraction of sp³-hybridized carbons (Fsp3) is 0.900. The van der Waals surface area contributed by atoms with Gasteiger partial charge in [0.15, 0.2) is 0 Å². The van der Waals surface area contributed by atoms with Crippen molar-refractivity contribution in [2.24, 2.45) is 11.7 Å². The minimum absolute atomic E-state index is 0.141. The van der Waals surface area contributed by atoms with E-state index in [4.69, 9.17) is 10.6 Å². The molecule has 0 bridgehead atoms. The van der Waals surface area contributed by atoms with E-state index < -0.39 is 6.04 Å². The fourth-order valence-electron chi connectivity index (χ4n) is 1.52. The van der Waals surface area contributed by atoms with Crippen LogP contribution in [0.1, 0.15) is 39.5 Å². The molecule has 14 heavy (non-hydrogen) atoms. The largest absolute Gasteiger partial charge is 0.320 e. The number of carbonyl (C=O) groups is 1. The van der Waals surface area contributed by atoms with E-state index in [0.29, 0.717) is 0 Å². The normalized spacial score (nSPS) is 20.0. The van der Waals surface area contributed by atoms with Crippen molar-refractivity contribution < 1.29 is 9.63 Å².